The summed E-state index contributed by atoms with van der Waals surface area (Å²) in [5, 5.41) is 9.75. The summed E-state index contributed by atoms with van der Waals surface area (Å²) >= 11 is 0. The Bertz CT molecular complexity index is 942. The van der Waals surface area contributed by atoms with E-state index in [1.54, 1.807) is 12.1 Å². The van der Waals surface area contributed by atoms with E-state index >= 15 is 0 Å². The molecule has 0 spiro atoms. The van der Waals surface area contributed by atoms with Crippen molar-refractivity contribution >= 4 is 11.1 Å². The SMILES string of the molecule is CC/C(=C(/c1ccc(O)cc1)c1ccc(OC(C)N(C)C)cc1)c1ccccc1. The Morgan fingerprint density at radius 1 is 0.828 bits per heavy atom. The Morgan fingerprint density at radius 2 is 1.38 bits per heavy atom. The highest BCUT2D eigenvalue weighted by molar-refractivity contribution is 5.98. The molecule has 0 aliphatic rings. The first-order chi connectivity index (χ1) is 14.0. The summed E-state index contributed by atoms with van der Waals surface area (Å²) in [5.41, 5.74) is 5.86. The molecule has 1 atom stereocenters. The van der Waals surface area contributed by atoms with E-state index < -0.39 is 0 Å². The second-order valence-electron chi connectivity index (χ2n) is 7.33. The van der Waals surface area contributed by atoms with E-state index in [1.165, 1.54) is 16.7 Å². The molecule has 3 rings (SSSR count). The molecule has 0 aromatic heterocycles. The number of aromatic hydroxyl groups is 1. The van der Waals surface area contributed by atoms with Crippen molar-refractivity contribution in [1.82, 2.24) is 4.90 Å². The van der Waals surface area contributed by atoms with Gasteiger partial charge in [-0.05, 0) is 79.5 Å². The Hall–Kier alpha value is -3.04. The fraction of sp³-hybridized carbons (Fsp3) is 0.231. The molecule has 0 saturated carbocycles. The van der Waals surface area contributed by atoms with Crippen molar-refractivity contribution in [3.8, 4) is 11.5 Å². The Kier molecular flexibility index (Phi) is 6.73. The number of hydrogen-bond donors (Lipinski definition) is 1. The van der Waals surface area contributed by atoms with Crippen LogP contribution in [0.4, 0.5) is 0 Å². The second kappa shape index (κ2) is 9.44. The summed E-state index contributed by atoms with van der Waals surface area (Å²) in [6.07, 6.45) is 0.902. The molecule has 0 fully saturated rings. The first kappa shape index (κ1) is 20.7. The van der Waals surface area contributed by atoms with E-state index in [-0.39, 0.29) is 12.0 Å². The van der Waals surface area contributed by atoms with Gasteiger partial charge in [-0.2, -0.15) is 0 Å². The van der Waals surface area contributed by atoms with E-state index in [0.717, 1.165) is 23.3 Å². The number of phenols is 1. The molecule has 0 bridgehead atoms. The zero-order valence-corrected chi connectivity index (χ0v) is 17.6. The molecule has 0 amide bonds. The zero-order valence-electron chi connectivity index (χ0n) is 17.6. The van der Waals surface area contributed by atoms with Gasteiger partial charge in [0.05, 0.1) is 0 Å². The number of benzene rings is 3. The Labute approximate surface area is 173 Å². The van der Waals surface area contributed by atoms with Crippen LogP contribution < -0.4 is 4.74 Å². The highest BCUT2D eigenvalue weighted by atomic mass is 16.5. The van der Waals surface area contributed by atoms with Gasteiger partial charge >= 0.3 is 0 Å². The smallest absolute Gasteiger partial charge is 0.149 e. The first-order valence-electron chi connectivity index (χ1n) is 10.0. The van der Waals surface area contributed by atoms with Crippen LogP contribution in [0.5, 0.6) is 11.5 Å². The number of allylic oxidation sites excluding steroid dienone is 1. The van der Waals surface area contributed by atoms with Crippen LogP contribution in [0, 0.1) is 0 Å². The zero-order chi connectivity index (χ0) is 20.8. The van der Waals surface area contributed by atoms with Gasteiger partial charge in [-0.15, -0.1) is 0 Å². The largest absolute Gasteiger partial charge is 0.508 e. The van der Waals surface area contributed by atoms with Gasteiger partial charge in [-0.3, -0.25) is 4.90 Å². The molecule has 3 aromatic rings. The molecule has 0 saturated heterocycles. The molecule has 1 N–H and O–H groups in total. The van der Waals surface area contributed by atoms with Crippen LogP contribution in [0.3, 0.4) is 0 Å². The Morgan fingerprint density at radius 3 is 1.90 bits per heavy atom. The number of phenolic OH excluding ortho intramolecular Hbond substituents is 1. The van der Waals surface area contributed by atoms with Gasteiger partial charge in [0.2, 0.25) is 0 Å². The average Bonchev–Trinajstić information content (AvgIpc) is 2.74. The minimum absolute atomic E-state index is 0.00322. The molecule has 150 valence electrons. The summed E-state index contributed by atoms with van der Waals surface area (Å²) in [6, 6.07) is 26.2. The van der Waals surface area contributed by atoms with Gasteiger partial charge < -0.3 is 9.84 Å². The monoisotopic (exact) mass is 387 g/mol. The highest BCUT2D eigenvalue weighted by Crippen LogP contribution is 2.35. The summed E-state index contributed by atoms with van der Waals surface area (Å²) in [4.78, 5) is 2.03. The highest BCUT2D eigenvalue weighted by Gasteiger charge is 2.14. The minimum atomic E-state index is 0.00322. The fourth-order valence-electron chi connectivity index (χ4n) is 3.31. The van der Waals surface area contributed by atoms with E-state index in [1.807, 2.05) is 56.3 Å². The molecule has 0 heterocycles. The molecular weight excluding hydrogens is 358 g/mol. The third-order valence-corrected chi connectivity index (χ3v) is 5.11. The third-order valence-electron chi connectivity index (χ3n) is 5.11. The Balaban J connectivity index is 2.08. The third kappa shape index (κ3) is 5.07. The fourth-order valence-corrected chi connectivity index (χ4v) is 3.31. The summed E-state index contributed by atoms with van der Waals surface area (Å²) < 4.78 is 5.98. The van der Waals surface area contributed by atoms with E-state index in [4.69, 9.17) is 4.74 Å². The molecular formula is C26H29NO2. The van der Waals surface area contributed by atoms with Crippen LogP contribution in [-0.4, -0.2) is 30.3 Å². The maximum absolute atomic E-state index is 9.75. The summed E-state index contributed by atoms with van der Waals surface area (Å²) in [6.45, 7) is 4.21. The van der Waals surface area contributed by atoms with E-state index in [0.29, 0.717) is 0 Å². The average molecular weight is 388 g/mol. The van der Waals surface area contributed by atoms with Gasteiger partial charge in [0.1, 0.15) is 17.7 Å². The number of nitrogens with zero attached hydrogens (tertiary/aromatic N) is 1. The van der Waals surface area contributed by atoms with Gasteiger partial charge in [0, 0.05) is 0 Å². The lowest BCUT2D eigenvalue weighted by molar-refractivity contribution is 0.0815. The lowest BCUT2D eigenvalue weighted by Gasteiger charge is -2.22. The maximum atomic E-state index is 9.75. The lowest BCUT2D eigenvalue weighted by atomic mass is 9.88. The quantitative estimate of drug-likeness (QED) is 0.396. The van der Waals surface area contributed by atoms with Crippen molar-refractivity contribution in [2.45, 2.75) is 26.5 Å². The van der Waals surface area contributed by atoms with Crippen LogP contribution >= 0.6 is 0 Å². The van der Waals surface area contributed by atoms with Crippen LogP contribution in [-0.2, 0) is 0 Å². The van der Waals surface area contributed by atoms with Crippen LogP contribution in [0.15, 0.2) is 78.9 Å². The van der Waals surface area contributed by atoms with Crippen molar-refractivity contribution in [2.75, 3.05) is 14.1 Å². The van der Waals surface area contributed by atoms with Crippen LogP contribution in [0.2, 0.25) is 0 Å². The molecule has 3 aromatic carbocycles. The minimum Gasteiger partial charge on any atom is -0.508 e. The molecule has 0 radical (unpaired) electrons. The summed E-state index contributed by atoms with van der Waals surface area (Å²) in [5.74, 6) is 1.12. The van der Waals surface area contributed by atoms with Gasteiger partial charge in [-0.25, -0.2) is 0 Å². The van der Waals surface area contributed by atoms with Crippen LogP contribution in [0.25, 0.3) is 11.1 Å². The van der Waals surface area contributed by atoms with Crippen LogP contribution in [0.1, 0.15) is 37.0 Å². The lowest BCUT2D eigenvalue weighted by Crippen LogP contribution is -2.30. The van der Waals surface area contributed by atoms with Gasteiger partial charge in [0.25, 0.3) is 0 Å². The number of rotatable bonds is 7. The van der Waals surface area contributed by atoms with Gasteiger partial charge in [-0.1, -0.05) is 61.5 Å². The number of hydrogen-bond acceptors (Lipinski definition) is 3. The molecule has 1 unspecified atom stereocenters. The van der Waals surface area contributed by atoms with Crippen molar-refractivity contribution in [1.29, 1.82) is 0 Å². The second-order valence-corrected chi connectivity index (χ2v) is 7.33. The topological polar surface area (TPSA) is 32.7 Å². The van der Waals surface area contributed by atoms with Gasteiger partial charge in [0.15, 0.2) is 0 Å². The molecule has 3 heteroatoms. The normalized spacial score (nSPS) is 13.1. The van der Waals surface area contributed by atoms with Crippen molar-refractivity contribution in [3.63, 3.8) is 0 Å². The van der Waals surface area contributed by atoms with E-state index in [2.05, 4.69) is 43.3 Å². The predicted molar refractivity (Wildman–Crippen MR) is 121 cm³/mol. The molecule has 0 aliphatic heterocycles. The first-order valence-corrected chi connectivity index (χ1v) is 10.0. The predicted octanol–water partition coefficient (Wildman–Crippen LogP) is 6.05. The number of ether oxygens (including phenoxy) is 1. The molecule has 3 nitrogen and oxygen atoms in total. The summed E-state index contributed by atoms with van der Waals surface area (Å²) in [7, 11) is 4.00. The molecule has 0 aliphatic carbocycles. The molecule has 29 heavy (non-hydrogen) atoms. The standard InChI is InChI=1S/C26H29NO2/c1-5-25(20-9-7-6-8-10-20)26(21-11-15-23(28)16-12-21)22-13-17-24(18-14-22)29-19(2)27(3)4/h6-19,28H,5H2,1-4H3/b26-25+. The van der Waals surface area contributed by atoms with Crippen molar-refractivity contribution in [2.24, 2.45) is 0 Å². The van der Waals surface area contributed by atoms with Crippen molar-refractivity contribution < 1.29 is 9.84 Å². The maximum Gasteiger partial charge on any atom is 0.149 e. The van der Waals surface area contributed by atoms with Crippen molar-refractivity contribution in [3.05, 3.63) is 95.6 Å². The van der Waals surface area contributed by atoms with E-state index in [9.17, 15) is 5.11 Å².